The van der Waals surface area contributed by atoms with Gasteiger partial charge >= 0.3 is 0 Å². The second-order valence-corrected chi connectivity index (χ2v) is 32.1. The molecule has 19 heteroatoms. The smallest absolute Gasteiger partial charge is 0.220 e. The van der Waals surface area contributed by atoms with E-state index < -0.39 is 124 Å². The van der Waals surface area contributed by atoms with Crippen LogP contribution in [0, 0.1) is 0 Å². The SMILES string of the molecule is CCCCCCCCCCCCCCCCCCCCCCCCCCCCCC/C=C/C(O)C(COC1OC(CO)C(OC2OC(CO)C(OC3OC(CO)C(O)C(O)C3O)C(O)C2O)C(O)C1O)NC(=O)CCCCCCCCCCCCCCCCCCCCCCCCCCCCCCCC. The normalized spacial score (nSPS) is 25.7. The van der Waals surface area contributed by atoms with E-state index in [1.54, 1.807) is 6.08 Å². The largest absolute Gasteiger partial charge is 0.394 e. The maximum Gasteiger partial charge on any atom is 0.220 e. The Kier molecular flexibility index (Phi) is 62.4. The lowest BCUT2D eigenvalue weighted by molar-refractivity contribution is -0.379. The van der Waals surface area contributed by atoms with E-state index in [-0.39, 0.29) is 18.9 Å². The van der Waals surface area contributed by atoms with Gasteiger partial charge in [-0.2, -0.15) is 0 Å². The van der Waals surface area contributed by atoms with Gasteiger partial charge in [0.25, 0.3) is 0 Å². The van der Waals surface area contributed by atoms with Crippen LogP contribution in [0.5, 0.6) is 0 Å². The molecule has 3 fully saturated rings. The molecule has 0 aliphatic carbocycles. The van der Waals surface area contributed by atoms with Crippen molar-refractivity contribution >= 4 is 5.91 Å². The van der Waals surface area contributed by atoms with Crippen molar-refractivity contribution < 1.29 is 89.4 Å². The number of hydrogen-bond donors (Lipinski definition) is 12. The van der Waals surface area contributed by atoms with E-state index in [0.717, 1.165) is 44.9 Å². The highest BCUT2D eigenvalue weighted by atomic mass is 16.8. The van der Waals surface area contributed by atoms with Crippen LogP contribution in [0.4, 0.5) is 0 Å². The van der Waals surface area contributed by atoms with Gasteiger partial charge in [-0.15, -0.1) is 0 Å². The summed E-state index contributed by atoms with van der Waals surface area (Å²) in [6.07, 6.45) is 55.1. The van der Waals surface area contributed by atoms with Crippen LogP contribution in [0.2, 0.25) is 0 Å². The van der Waals surface area contributed by atoms with Crippen molar-refractivity contribution in [2.75, 3.05) is 26.4 Å². The fourth-order valence-electron chi connectivity index (χ4n) is 15.5. The maximum absolute atomic E-state index is 13.5. The van der Waals surface area contributed by atoms with Crippen molar-refractivity contribution in [3.8, 4) is 0 Å². The van der Waals surface area contributed by atoms with E-state index in [1.807, 2.05) is 6.08 Å². The average molecular weight is 1500 g/mol. The molecule has 0 radical (unpaired) electrons. The Morgan fingerprint density at radius 2 is 0.590 bits per heavy atom. The molecule has 19 nitrogen and oxygen atoms in total. The van der Waals surface area contributed by atoms with Crippen LogP contribution in [0.15, 0.2) is 12.2 Å². The predicted octanol–water partition coefficient (Wildman–Crippen LogP) is 16.3. The van der Waals surface area contributed by atoms with Crippen molar-refractivity contribution in [2.24, 2.45) is 0 Å². The summed E-state index contributed by atoms with van der Waals surface area (Å²) in [6, 6.07) is -0.971. The molecule has 12 N–H and O–H groups in total. The fourth-order valence-corrected chi connectivity index (χ4v) is 15.5. The van der Waals surface area contributed by atoms with Crippen molar-refractivity contribution in [3.63, 3.8) is 0 Å². The van der Waals surface area contributed by atoms with Gasteiger partial charge in [-0.05, 0) is 19.3 Å². The molecule has 1 amide bonds. The highest BCUT2D eigenvalue weighted by molar-refractivity contribution is 5.76. The lowest BCUT2D eigenvalue weighted by Crippen LogP contribution is -2.66. The number of hydrogen-bond acceptors (Lipinski definition) is 18. The minimum absolute atomic E-state index is 0.250. The molecule has 3 aliphatic heterocycles. The van der Waals surface area contributed by atoms with Gasteiger partial charge in [0.15, 0.2) is 18.9 Å². The Hall–Kier alpha value is -1.47. The number of ether oxygens (including phenoxy) is 6. The standard InChI is InChI=1S/C86H165NO18/c1-3-5-7-9-11-13-15-17-19-21-23-25-27-29-31-33-35-37-39-41-43-45-47-49-51-53-55-57-59-61-63-70(91)69(87-74(92)64-62-60-58-56-54-52-50-48-46-44-42-40-38-36-34-32-30-28-26-24-22-20-18-16-14-12-10-8-6-4-2)68-100-84-80(98)77(95)82(72(66-89)102-84)105-86-81(99)78(96)83(73(67-90)103-86)104-85-79(97)76(94)75(93)71(65-88)101-85/h61,63,69-73,75-86,88-91,93-99H,3-60,62,64-68H2,1-2H3,(H,87,92)/b63-61+. The van der Waals surface area contributed by atoms with E-state index in [4.69, 9.17) is 28.4 Å². The molecule has 0 aromatic heterocycles. The minimum atomic E-state index is -1.98. The van der Waals surface area contributed by atoms with Gasteiger partial charge in [-0.3, -0.25) is 4.79 Å². The summed E-state index contributed by atoms with van der Waals surface area (Å²) in [5.74, 6) is -0.265. The highest BCUT2D eigenvalue weighted by Gasteiger charge is 2.54. The minimum Gasteiger partial charge on any atom is -0.394 e. The number of carbonyl (C=O) groups excluding carboxylic acids is 1. The van der Waals surface area contributed by atoms with Gasteiger partial charge in [-0.25, -0.2) is 0 Å². The van der Waals surface area contributed by atoms with E-state index in [0.29, 0.717) is 6.42 Å². The van der Waals surface area contributed by atoms with Crippen LogP contribution in [-0.4, -0.2) is 193 Å². The number of amides is 1. The Morgan fingerprint density at radius 1 is 0.333 bits per heavy atom. The zero-order chi connectivity index (χ0) is 76.0. The molecule has 622 valence electrons. The van der Waals surface area contributed by atoms with Crippen molar-refractivity contribution in [3.05, 3.63) is 12.2 Å². The van der Waals surface area contributed by atoms with Crippen molar-refractivity contribution in [2.45, 2.75) is 503 Å². The average Bonchev–Trinajstić information content (AvgIpc) is 0.781. The number of nitrogens with one attached hydrogen (secondary N) is 1. The van der Waals surface area contributed by atoms with E-state index in [9.17, 15) is 61.0 Å². The zero-order valence-electron chi connectivity index (χ0n) is 67.0. The highest BCUT2D eigenvalue weighted by Crippen LogP contribution is 2.34. The third-order valence-electron chi connectivity index (χ3n) is 22.6. The predicted molar refractivity (Wildman–Crippen MR) is 420 cm³/mol. The summed E-state index contributed by atoms with van der Waals surface area (Å²) >= 11 is 0. The Labute approximate surface area is 639 Å². The lowest BCUT2D eigenvalue weighted by Gasteiger charge is -2.48. The zero-order valence-corrected chi connectivity index (χ0v) is 67.0. The molecule has 0 aromatic carbocycles. The summed E-state index contributed by atoms with van der Waals surface area (Å²) in [7, 11) is 0. The number of allylic oxidation sites excluding steroid dienone is 1. The topological polar surface area (TPSA) is 307 Å². The first-order chi connectivity index (χ1) is 51.3. The summed E-state index contributed by atoms with van der Waals surface area (Å²) in [5, 5.41) is 121. The third kappa shape index (κ3) is 46.3. The number of aliphatic hydroxyl groups excluding tert-OH is 11. The molecule has 17 unspecified atom stereocenters. The number of aliphatic hydroxyl groups is 11. The van der Waals surface area contributed by atoms with Crippen molar-refractivity contribution in [1.82, 2.24) is 5.32 Å². The number of rotatable bonds is 73. The van der Waals surface area contributed by atoms with Crippen LogP contribution in [0.3, 0.4) is 0 Å². The van der Waals surface area contributed by atoms with Gasteiger partial charge in [0.05, 0.1) is 38.6 Å². The molecule has 105 heavy (non-hydrogen) atoms. The number of unbranched alkanes of at least 4 members (excludes halogenated alkanes) is 57. The summed E-state index contributed by atoms with van der Waals surface area (Å²) in [4.78, 5) is 13.5. The molecular weight excluding hydrogens is 1330 g/mol. The molecule has 3 heterocycles. The Bertz CT molecular complexity index is 1940. The monoisotopic (exact) mass is 1500 g/mol. The molecule has 3 aliphatic rings. The van der Waals surface area contributed by atoms with Gasteiger partial charge < -0.3 is 89.9 Å². The second kappa shape index (κ2) is 67.1. The Morgan fingerprint density at radius 3 is 0.895 bits per heavy atom. The van der Waals surface area contributed by atoms with Gasteiger partial charge in [0, 0.05) is 6.42 Å². The maximum atomic E-state index is 13.5. The first-order valence-corrected chi connectivity index (χ1v) is 44.4. The molecule has 0 aromatic rings. The van der Waals surface area contributed by atoms with Crippen molar-refractivity contribution in [1.29, 1.82) is 0 Å². The van der Waals surface area contributed by atoms with Crippen LogP contribution < -0.4 is 5.32 Å². The van der Waals surface area contributed by atoms with Gasteiger partial charge in [0.2, 0.25) is 5.91 Å². The molecule has 0 spiro atoms. The molecule has 0 bridgehead atoms. The first-order valence-electron chi connectivity index (χ1n) is 44.4. The molecule has 3 saturated heterocycles. The molecular formula is C86H165NO18. The van der Waals surface area contributed by atoms with Crippen LogP contribution in [0.1, 0.15) is 399 Å². The summed E-state index contributed by atoms with van der Waals surface area (Å²) in [6.45, 7) is 1.82. The molecule has 3 rings (SSSR count). The second-order valence-electron chi connectivity index (χ2n) is 32.1. The quantitative estimate of drug-likeness (QED) is 0.0199. The third-order valence-corrected chi connectivity index (χ3v) is 22.6. The fraction of sp³-hybridized carbons (Fsp3) is 0.965. The van der Waals surface area contributed by atoms with Gasteiger partial charge in [0.1, 0.15) is 73.2 Å². The molecule has 17 atom stereocenters. The van der Waals surface area contributed by atoms with Crippen LogP contribution in [-0.2, 0) is 33.2 Å². The molecule has 0 saturated carbocycles. The number of carbonyl (C=O) groups is 1. The van der Waals surface area contributed by atoms with Crippen LogP contribution >= 0.6 is 0 Å². The van der Waals surface area contributed by atoms with E-state index >= 15 is 0 Å². The summed E-state index contributed by atoms with van der Waals surface area (Å²) in [5.41, 5.74) is 0. The Balaban J connectivity index is 1.34. The lowest BCUT2D eigenvalue weighted by atomic mass is 9.96. The van der Waals surface area contributed by atoms with Crippen LogP contribution in [0.25, 0.3) is 0 Å². The van der Waals surface area contributed by atoms with E-state index in [1.165, 1.54) is 327 Å². The van der Waals surface area contributed by atoms with Gasteiger partial charge in [-0.1, -0.05) is 386 Å². The first kappa shape index (κ1) is 97.7. The van der Waals surface area contributed by atoms with E-state index in [2.05, 4.69) is 19.2 Å². The summed E-state index contributed by atoms with van der Waals surface area (Å²) < 4.78 is 34.5.